The monoisotopic (exact) mass is 287 g/mol. The van der Waals surface area contributed by atoms with Gasteiger partial charge in [-0.25, -0.2) is 4.79 Å². The summed E-state index contributed by atoms with van der Waals surface area (Å²) >= 11 is 0. The van der Waals surface area contributed by atoms with Gasteiger partial charge in [0.15, 0.2) is 0 Å². The minimum Gasteiger partial charge on any atom is -0.324 e. The number of nitrogens with zero attached hydrogens (tertiary/aromatic N) is 2. The Hall–Kier alpha value is -2.34. The van der Waals surface area contributed by atoms with Crippen molar-refractivity contribution < 1.29 is 4.79 Å². The summed E-state index contributed by atoms with van der Waals surface area (Å²) in [6.07, 6.45) is 2.55. The van der Waals surface area contributed by atoms with Gasteiger partial charge in [0.25, 0.3) is 0 Å². The third-order valence-electron chi connectivity index (χ3n) is 3.16. The fourth-order valence-electron chi connectivity index (χ4n) is 2.08. The van der Waals surface area contributed by atoms with Crippen molar-refractivity contribution >= 4 is 17.4 Å². The maximum atomic E-state index is 12.0. The molecule has 0 fully saturated rings. The first-order valence-corrected chi connectivity index (χ1v) is 6.95. The minimum atomic E-state index is -0.292. The van der Waals surface area contributed by atoms with Gasteiger partial charge < -0.3 is 16.4 Å². The van der Waals surface area contributed by atoms with Crippen LogP contribution in [0.15, 0.2) is 30.5 Å². The van der Waals surface area contributed by atoms with E-state index in [2.05, 4.69) is 15.7 Å². The number of carbonyl (C=O) groups is 1. The molecule has 1 aromatic carbocycles. The molecule has 6 nitrogen and oxygen atoms in total. The van der Waals surface area contributed by atoms with E-state index in [1.54, 1.807) is 10.9 Å². The molecule has 1 atom stereocenters. The molecule has 2 rings (SSSR count). The predicted octanol–water partition coefficient (Wildman–Crippen LogP) is 2.65. The van der Waals surface area contributed by atoms with Crippen molar-refractivity contribution in [2.24, 2.45) is 12.8 Å². The van der Waals surface area contributed by atoms with Crippen molar-refractivity contribution in [1.29, 1.82) is 0 Å². The first kappa shape index (κ1) is 15.1. The molecule has 2 aromatic rings. The van der Waals surface area contributed by atoms with Crippen LogP contribution < -0.4 is 16.4 Å². The molecule has 0 saturated heterocycles. The number of carbonyl (C=O) groups excluding carboxylic acids is 1. The van der Waals surface area contributed by atoms with Crippen LogP contribution in [0, 0.1) is 0 Å². The fraction of sp³-hybridized carbons (Fsp3) is 0.333. The Labute approximate surface area is 124 Å². The van der Waals surface area contributed by atoms with Gasteiger partial charge in [-0.3, -0.25) is 4.68 Å². The second-order valence-corrected chi connectivity index (χ2v) is 5.01. The van der Waals surface area contributed by atoms with Crippen molar-refractivity contribution in [3.05, 3.63) is 41.7 Å². The zero-order valence-corrected chi connectivity index (χ0v) is 12.6. The number of amides is 2. The highest BCUT2D eigenvalue weighted by Gasteiger charge is 2.10. The fourth-order valence-corrected chi connectivity index (χ4v) is 2.08. The van der Waals surface area contributed by atoms with Crippen LogP contribution in [0.4, 0.5) is 16.2 Å². The lowest BCUT2D eigenvalue weighted by molar-refractivity contribution is 0.262. The Bertz CT molecular complexity index is 633. The molecule has 1 unspecified atom stereocenters. The summed E-state index contributed by atoms with van der Waals surface area (Å²) in [6, 6.07) is 7.14. The molecule has 1 heterocycles. The number of aryl methyl sites for hydroxylation is 2. The lowest BCUT2D eigenvalue weighted by atomic mass is 10.1. The standard InChI is InChI=1S/C15H21N5O/c1-4-13-14(9-20(3)19-13)18-15(21)17-12-7-5-6-11(8-12)10(2)16/h5-10H,4,16H2,1-3H3,(H2,17,18,21). The summed E-state index contributed by atoms with van der Waals surface area (Å²) < 4.78 is 1.69. The van der Waals surface area contributed by atoms with Gasteiger partial charge in [-0.15, -0.1) is 0 Å². The van der Waals surface area contributed by atoms with Crippen LogP contribution in [-0.4, -0.2) is 15.8 Å². The highest BCUT2D eigenvalue weighted by atomic mass is 16.2. The molecule has 0 radical (unpaired) electrons. The van der Waals surface area contributed by atoms with Crippen molar-refractivity contribution in [3.8, 4) is 0 Å². The van der Waals surface area contributed by atoms with Gasteiger partial charge >= 0.3 is 6.03 Å². The quantitative estimate of drug-likeness (QED) is 0.808. The molecule has 1 aromatic heterocycles. The van der Waals surface area contributed by atoms with E-state index >= 15 is 0 Å². The highest BCUT2D eigenvalue weighted by Crippen LogP contribution is 2.17. The largest absolute Gasteiger partial charge is 0.324 e. The van der Waals surface area contributed by atoms with Crippen LogP contribution in [-0.2, 0) is 13.5 Å². The molecule has 4 N–H and O–H groups in total. The number of hydrogen-bond donors (Lipinski definition) is 3. The normalized spacial score (nSPS) is 12.0. The maximum Gasteiger partial charge on any atom is 0.323 e. The number of anilines is 2. The van der Waals surface area contributed by atoms with Gasteiger partial charge in [0.05, 0.1) is 11.4 Å². The Morgan fingerprint density at radius 3 is 2.86 bits per heavy atom. The van der Waals surface area contributed by atoms with Gasteiger partial charge in [0.1, 0.15) is 0 Å². The Balaban J connectivity index is 2.06. The molecule has 21 heavy (non-hydrogen) atoms. The van der Waals surface area contributed by atoms with Gasteiger partial charge in [-0.2, -0.15) is 5.10 Å². The van der Waals surface area contributed by atoms with Crippen LogP contribution in [0.5, 0.6) is 0 Å². The summed E-state index contributed by atoms with van der Waals surface area (Å²) in [5.74, 6) is 0. The lowest BCUT2D eigenvalue weighted by Gasteiger charge is -2.10. The number of nitrogens with one attached hydrogen (secondary N) is 2. The Morgan fingerprint density at radius 1 is 1.43 bits per heavy atom. The average molecular weight is 287 g/mol. The Morgan fingerprint density at radius 2 is 2.19 bits per heavy atom. The van der Waals surface area contributed by atoms with Crippen LogP contribution in [0.25, 0.3) is 0 Å². The van der Waals surface area contributed by atoms with E-state index in [0.717, 1.165) is 23.4 Å². The van der Waals surface area contributed by atoms with Gasteiger partial charge in [-0.05, 0) is 31.0 Å². The SMILES string of the molecule is CCc1nn(C)cc1NC(=O)Nc1cccc(C(C)N)c1. The summed E-state index contributed by atoms with van der Waals surface area (Å²) in [7, 11) is 1.83. The first-order valence-electron chi connectivity index (χ1n) is 6.95. The second-order valence-electron chi connectivity index (χ2n) is 5.01. The number of urea groups is 1. The zero-order chi connectivity index (χ0) is 15.4. The smallest absolute Gasteiger partial charge is 0.323 e. The molecule has 6 heteroatoms. The zero-order valence-electron chi connectivity index (χ0n) is 12.6. The van der Waals surface area contributed by atoms with Crippen molar-refractivity contribution in [1.82, 2.24) is 9.78 Å². The van der Waals surface area contributed by atoms with E-state index < -0.39 is 0 Å². The summed E-state index contributed by atoms with van der Waals surface area (Å²) in [4.78, 5) is 12.0. The molecule has 2 amide bonds. The molecular weight excluding hydrogens is 266 g/mol. The van der Waals surface area contributed by atoms with Gasteiger partial charge in [-0.1, -0.05) is 19.1 Å². The number of rotatable bonds is 4. The van der Waals surface area contributed by atoms with Crippen LogP contribution >= 0.6 is 0 Å². The number of aromatic nitrogens is 2. The average Bonchev–Trinajstić information content (AvgIpc) is 2.78. The van der Waals surface area contributed by atoms with E-state index in [1.165, 1.54) is 0 Å². The molecule has 0 bridgehead atoms. The number of hydrogen-bond acceptors (Lipinski definition) is 3. The lowest BCUT2D eigenvalue weighted by Crippen LogP contribution is -2.20. The molecule has 0 aliphatic heterocycles. The van der Waals surface area contributed by atoms with E-state index in [4.69, 9.17) is 5.73 Å². The van der Waals surface area contributed by atoms with E-state index in [0.29, 0.717) is 5.69 Å². The second kappa shape index (κ2) is 6.41. The van der Waals surface area contributed by atoms with Crippen LogP contribution in [0.2, 0.25) is 0 Å². The summed E-state index contributed by atoms with van der Waals surface area (Å²) in [5.41, 5.74) is 9.11. The topological polar surface area (TPSA) is 85.0 Å². The third-order valence-corrected chi connectivity index (χ3v) is 3.16. The van der Waals surface area contributed by atoms with Crippen LogP contribution in [0.3, 0.4) is 0 Å². The molecule has 112 valence electrons. The number of benzene rings is 1. The molecule has 0 saturated carbocycles. The van der Waals surface area contributed by atoms with Crippen molar-refractivity contribution in [2.75, 3.05) is 10.6 Å². The van der Waals surface area contributed by atoms with Crippen molar-refractivity contribution in [2.45, 2.75) is 26.3 Å². The van der Waals surface area contributed by atoms with E-state index in [9.17, 15) is 4.79 Å². The van der Waals surface area contributed by atoms with Crippen LogP contribution in [0.1, 0.15) is 31.1 Å². The Kier molecular flexibility index (Phi) is 4.59. The molecule has 0 aliphatic rings. The first-order chi connectivity index (χ1) is 9.99. The van der Waals surface area contributed by atoms with Gasteiger partial charge in [0, 0.05) is 25.0 Å². The van der Waals surface area contributed by atoms with E-state index in [1.807, 2.05) is 45.2 Å². The third kappa shape index (κ3) is 3.82. The molecule has 0 spiro atoms. The molecular formula is C15H21N5O. The predicted molar refractivity (Wildman–Crippen MR) is 84.3 cm³/mol. The highest BCUT2D eigenvalue weighted by molar-refractivity contribution is 6.00. The summed E-state index contributed by atoms with van der Waals surface area (Å²) in [6.45, 7) is 3.90. The van der Waals surface area contributed by atoms with Crippen molar-refractivity contribution in [3.63, 3.8) is 0 Å². The molecule has 0 aliphatic carbocycles. The summed E-state index contributed by atoms with van der Waals surface area (Å²) in [5, 5.41) is 9.90. The van der Waals surface area contributed by atoms with E-state index in [-0.39, 0.29) is 12.1 Å². The number of nitrogens with two attached hydrogens (primary N) is 1. The van der Waals surface area contributed by atoms with Gasteiger partial charge in [0.2, 0.25) is 0 Å². The minimum absolute atomic E-state index is 0.0696. The maximum absolute atomic E-state index is 12.0.